The van der Waals surface area contributed by atoms with Gasteiger partial charge in [-0.15, -0.1) is 0 Å². The molecule has 6 rings (SSSR count). The van der Waals surface area contributed by atoms with Crippen LogP contribution in [0.25, 0.3) is 44.4 Å². The zero-order chi connectivity index (χ0) is 21.6. The molecule has 152 valence electrons. The van der Waals surface area contributed by atoms with Gasteiger partial charge in [-0.25, -0.2) is 9.18 Å². The van der Waals surface area contributed by atoms with Crippen LogP contribution in [0.5, 0.6) is 0 Å². The largest absolute Gasteiger partial charge is 0.477 e. The normalized spacial score (nSPS) is 13.6. The summed E-state index contributed by atoms with van der Waals surface area (Å²) in [5.74, 6) is -4.13. The fraction of sp³-hybridized carbons (Fsp3) is 0.0870. The van der Waals surface area contributed by atoms with E-state index in [1.807, 2.05) is 6.08 Å². The molecule has 1 N–H and O–H groups in total. The molecule has 2 aromatic heterocycles. The number of carboxylic acid groups (broad SMARTS) is 1. The lowest BCUT2D eigenvalue weighted by Crippen LogP contribution is -2.18. The molecule has 0 saturated heterocycles. The molecule has 2 heterocycles. The van der Waals surface area contributed by atoms with Crippen molar-refractivity contribution in [3.05, 3.63) is 79.2 Å². The average Bonchev–Trinajstić information content (AvgIpc) is 3.03. The molecule has 0 radical (unpaired) electrons. The maximum absolute atomic E-state index is 14.6. The van der Waals surface area contributed by atoms with E-state index in [-0.39, 0.29) is 21.9 Å². The number of nitrogens with zero attached hydrogens (tertiary/aromatic N) is 1. The van der Waals surface area contributed by atoms with Crippen LogP contribution in [0.15, 0.2) is 44.5 Å². The Morgan fingerprint density at radius 2 is 1.87 bits per heavy atom. The monoisotopic (exact) mass is 419 g/mol. The summed E-state index contributed by atoms with van der Waals surface area (Å²) >= 11 is 0. The molecule has 3 aromatic carbocycles. The number of carbonyl (C=O) groups is 1. The summed E-state index contributed by atoms with van der Waals surface area (Å²) in [7, 11) is 0. The van der Waals surface area contributed by atoms with Gasteiger partial charge in [-0.05, 0) is 42.0 Å². The second-order valence-electron chi connectivity index (χ2n) is 7.57. The maximum atomic E-state index is 14.6. The predicted molar refractivity (Wildman–Crippen MR) is 110 cm³/mol. The van der Waals surface area contributed by atoms with E-state index in [4.69, 9.17) is 4.42 Å². The Morgan fingerprint density at radius 3 is 2.65 bits per heavy atom. The number of carboxylic acids is 1. The van der Waals surface area contributed by atoms with E-state index < -0.39 is 34.2 Å². The van der Waals surface area contributed by atoms with Crippen LogP contribution >= 0.6 is 0 Å². The second-order valence-corrected chi connectivity index (χ2v) is 7.57. The molecule has 0 unspecified atom stereocenters. The number of hydrogen-bond acceptors (Lipinski definition) is 4. The number of halogens is 2. The zero-order valence-electron chi connectivity index (χ0n) is 15.7. The van der Waals surface area contributed by atoms with Crippen LogP contribution in [-0.2, 0) is 6.42 Å². The van der Waals surface area contributed by atoms with Gasteiger partial charge >= 0.3 is 5.97 Å². The fourth-order valence-electron chi connectivity index (χ4n) is 4.53. The number of aryl methyl sites for hydroxylation is 1. The molecule has 0 fully saturated rings. The number of benzene rings is 2. The highest BCUT2D eigenvalue weighted by molar-refractivity contribution is 6.05. The third kappa shape index (κ3) is 2.16. The Balaban J connectivity index is 1.92. The molecule has 0 spiro atoms. The molecule has 1 aliphatic carbocycles. The third-order valence-electron chi connectivity index (χ3n) is 5.92. The first kappa shape index (κ1) is 17.8. The Bertz CT molecular complexity index is 1780. The average molecular weight is 419 g/mol. The highest BCUT2D eigenvalue weighted by atomic mass is 19.2. The van der Waals surface area contributed by atoms with E-state index in [1.54, 1.807) is 12.1 Å². The van der Waals surface area contributed by atoms with E-state index in [0.717, 1.165) is 18.2 Å². The van der Waals surface area contributed by atoms with E-state index in [0.29, 0.717) is 34.3 Å². The lowest BCUT2D eigenvalue weighted by atomic mass is 10.00. The van der Waals surface area contributed by atoms with Gasteiger partial charge in [0.2, 0.25) is 11.2 Å². The highest BCUT2D eigenvalue weighted by Crippen LogP contribution is 2.34. The van der Waals surface area contributed by atoms with Gasteiger partial charge in [0.25, 0.3) is 0 Å². The standard InChI is InChI=1S/C23H11F2NO5/c24-15-5-13-19-22(18(15)25)31-17-7-12-11(9-3-1-2-4-10(9)20(12)27)6-16(17)26(19)8-14(21(13)28)23(29)30/h2,4-8H,1,3H2,(H,29,30). The van der Waals surface area contributed by atoms with E-state index in [9.17, 15) is 28.3 Å². The van der Waals surface area contributed by atoms with Crippen LogP contribution in [0, 0.1) is 11.6 Å². The van der Waals surface area contributed by atoms with Crippen LogP contribution in [0.3, 0.4) is 0 Å². The van der Waals surface area contributed by atoms with Gasteiger partial charge in [-0.1, -0.05) is 12.2 Å². The van der Waals surface area contributed by atoms with Crippen LogP contribution in [-0.4, -0.2) is 15.5 Å². The van der Waals surface area contributed by atoms with Gasteiger partial charge in [0.05, 0.1) is 10.9 Å². The Labute approximate surface area is 170 Å². The van der Waals surface area contributed by atoms with Crippen molar-refractivity contribution in [2.45, 2.75) is 12.8 Å². The minimum Gasteiger partial charge on any atom is -0.477 e. The molecule has 6 nitrogen and oxygen atoms in total. The lowest BCUT2D eigenvalue weighted by molar-refractivity contribution is 0.0695. The van der Waals surface area contributed by atoms with Crippen molar-refractivity contribution in [3.63, 3.8) is 0 Å². The van der Waals surface area contributed by atoms with Crippen LogP contribution in [0.1, 0.15) is 27.9 Å². The summed E-state index contributed by atoms with van der Waals surface area (Å²) in [4.78, 5) is 37.1. The minimum absolute atomic E-state index is 0.0641. The van der Waals surface area contributed by atoms with Crippen molar-refractivity contribution in [3.8, 4) is 0 Å². The van der Waals surface area contributed by atoms with Gasteiger partial charge in [-0.3, -0.25) is 9.59 Å². The molecule has 0 bridgehead atoms. The summed E-state index contributed by atoms with van der Waals surface area (Å²) in [5, 5.41) is 10.2. The summed E-state index contributed by atoms with van der Waals surface area (Å²) in [6, 6.07) is 3.80. The second kappa shape index (κ2) is 5.75. The number of aromatic carboxylic acids is 1. The molecule has 0 amide bonds. The Morgan fingerprint density at radius 1 is 1.06 bits per heavy atom. The topological polar surface area (TPSA) is 89.0 Å². The van der Waals surface area contributed by atoms with Crippen molar-refractivity contribution in [1.29, 1.82) is 0 Å². The number of allylic oxidation sites excluding steroid dienone is 1. The van der Waals surface area contributed by atoms with Crippen LogP contribution in [0.2, 0.25) is 0 Å². The Kier molecular flexibility index (Phi) is 3.30. The Hall–Kier alpha value is -4.07. The third-order valence-corrected chi connectivity index (χ3v) is 5.92. The van der Waals surface area contributed by atoms with E-state index in [1.165, 1.54) is 10.5 Å². The van der Waals surface area contributed by atoms with Crippen LogP contribution in [0.4, 0.5) is 8.78 Å². The molecule has 0 saturated carbocycles. The van der Waals surface area contributed by atoms with Crippen LogP contribution < -0.4 is 10.9 Å². The number of rotatable bonds is 1. The number of fused-ring (bicyclic) bond motifs is 5. The van der Waals surface area contributed by atoms with Crippen molar-refractivity contribution in [2.75, 3.05) is 0 Å². The number of aromatic nitrogens is 1. The summed E-state index contributed by atoms with van der Waals surface area (Å²) < 4.78 is 35.8. The molecule has 0 atom stereocenters. The van der Waals surface area contributed by atoms with Crippen molar-refractivity contribution >= 4 is 50.4 Å². The molecular formula is C23H11F2NO5. The molecule has 5 aromatic rings. The first-order valence-corrected chi connectivity index (χ1v) is 9.48. The first-order chi connectivity index (χ1) is 14.9. The maximum Gasteiger partial charge on any atom is 0.341 e. The quantitative estimate of drug-likeness (QED) is 0.327. The number of pyridine rings is 1. The van der Waals surface area contributed by atoms with Gasteiger partial charge in [-0.2, -0.15) is 4.39 Å². The van der Waals surface area contributed by atoms with E-state index in [2.05, 4.69) is 0 Å². The molecule has 1 aliphatic rings. The SMILES string of the molecule is O=C(O)c1cn2c3cc4c5c(c(=O)c4cc3oc3c(F)c(F)cc(c1=O)c32)C=CCC5. The van der Waals surface area contributed by atoms with Gasteiger partial charge < -0.3 is 13.9 Å². The van der Waals surface area contributed by atoms with Crippen molar-refractivity contribution in [1.82, 2.24) is 4.40 Å². The minimum atomic E-state index is -1.49. The van der Waals surface area contributed by atoms with Gasteiger partial charge in [0.15, 0.2) is 22.4 Å². The molecule has 31 heavy (non-hydrogen) atoms. The van der Waals surface area contributed by atoms with E-state index >= 15 is 0 Å². The zero-order valence-corrected chi connectivity index (χ0v) is 15.7. The van der Waals surface area contributed by atoms with Crippen molar-refractivity contribution < 1.29 is 23.1 Å². The van der Waals surface area contributed by atoms with Crippen molar-refractivity contribution in [2.24, 2.45) is 0 Å². The summed E-state index contributed by atoms with van der Waals surface area (Å²) in [6.07, 6.45) is 6.20. The fourth-order valence-corrected chi connectivity index (χ4v) is 4.53. The molecule has 0 aliphatic heterocycles. The summed E-state index contributed by atoms with van der Waals surface area (Å²) in [6.45, 7) is 0. The summed E-state index contributed by atoms with van der Waals surface area (Å²) in [5.41, 5.74) is -0.460. The molecular weight excluding hydrogens is 408 g/mol. The predicted octanol–water partition coefficient (Wildman–Crippen LogP) is 4.09. The van der Waals surface area contributed by atoms with Gasteiger partial charge in [0.1, 0.15) is 11.1 Å². The highest BCUT2D eigenvalue weighted by Gasteiger charge is 2.24. The molecule has 8 heteroatoms. The first-order valence-electron chi connectivity index (χ1n) is 9.48. The lowest BCUT2D eigenvalue weighted by Gasteiger charge is -2.13. The smallest absolute Gasteiger partial charge is 0.341 e. The van der Waals surface area contributed by atoms with Gasteiger partial charge in [0, 0.05) is 17.1 Å². The number of hydrogen-bond donors (Lipinski definition) is 1.